The van der Waals surface area contributed by atoms with Crippen LogP contribution in [0.15, 0.2) is 36.5 Å². The van der Waals surface area contributed by atoms with E-state index in [9.17, 15) is 28.7 Å². The molecule has 1 fully saturated rings. The highest BCUT2D eigenvalue weighted by Gasteiger charge is 2.37. The van der Waals surface area contributed by atoms with Gasteiger partial charge in [-0.25, -0.2) is 9.13 Å². The summed E-state index contributed by atoms with van der Waals surface area (Å²) < 4.78 is 53.7. The van der Waals surface area contributed by atoms with Gasteiger partial charge in [0.25, 0.3) is 0 Å². The summed E-state index contributed by atoms with van der Waals surface area (Å²) in [5.41, 5.74) is 0. The second-order valence-electron chi connectivity index (χ2n) is 17.0. The molecule has 1 rings (SSSR count). The molecule has 0 saturated carbocycles. The van der Waals surface area contributed by atoms with Gasteiger partial charge in [0.05, 0.1) is 32.0 Å². The van der Waals surface area contributed by atoms with Crippen molar-refractivity contribution in [3.05, 3.63) is 36.5 Å². The number of rotatable bonds is 44. The van der Waals surface area contributed by atoms with Crippen LogP contribution in [-0.4, -0.2) is 82.6 Å². The van der Waals surface area contributed by atoms with Crippen molar-refractivity contribution in [2.24, 2.45) is 5.92 Å². The highest BCUT2D eigenvalue weighted by Crippen LogP contribution is 2.44. The van der Waals surface area contributed by atoms with Gasteiger partial charge in [0, 0.05) is 12.8 Å². The minimum absolute atomic E-state index is 0.0807. The molecule has 6 atom stereocenters. The molecule has 16 heteroatoms. The number of epoxide rings is 1. The molecule has 14 nitrogen and oxygen atoms in total. The summed E-state index contributed by atoms with van der Waals surface area (Å²) in [7, 11) is -9.70. The molecule has 1 aliphatic heterocycles. The van der Waals surface area contributed by atoms with Gasteiger partial charge >= 0.3 is 27.6 Å². The molecule has 0 aliphatic carbocycles. The Balaban J connectivity index is 2.37. The van der Waals surface area contributed by atoms with Gasteiger partial charge in [0.1, 0.15) is 12.7 Å². The second kappa shape index (κ2) is 38.4. The Hall–Kier alpha value is -1.70. The monoisotopic (exact) mass is 937 g/mol. The first kappa shape index (κ1) is 59.3. The summed E-state index contributed by atoms with van der Waals surface area (Å²) >= 11 is 0. The van der Waals surface area contributed by atoms with Crippen LogP contribution in [0.2, 0.25) is 0 Å². The number of carbonyl (C=O) groups is 2. The fourth-order valence-corrected chi connectivity index (χ4v) is 7.98. The van der Waals surface area contributed by atoms with E-state index in [0.717, 1.165) is 50.9 Å². The van der Waals surface area contributed by atoms with Crippen molar-refractivity contribution in [1.82, 2.24) is 0 Å². The number of aliphatic hydroxyl groups excluding tert-OH is 1. The molecule has 0 spiro atoms. The molecule has 0 amide bonds. The third kappa shape index (κ3) is 39.2. The Morgan fingerprint density at radius 1 is 0.619 bits per heavy atom. The molecular formula is C47H86O14P2. The van der Waals surface area contributed by atoms with Gasteiger partial charge in [0.15, 0.2) is 6.10 Å². The molecule has 63 heavy (non-hydrogen) atoms. The van der Waals surface area contributed by atoms with E-state index in [-0.39, 0.29) is 25.0 Å². The Morgan fingerprint density at radius 2 is 1.16 bits per heavy atom. The molecule has 4 N–H and O–H groups in total. The first-order valence-corrected chi connectivity index (χ1v) is 27.2. The maximum atomic E-state index is 12.7. The van der Waals surface area contributed by atoms with E-state index in [1.807, 2.05) is 0 Å². The van der Waals surface area contributed by atoms with Crippen molar-refractivity contribution in [2.75, 3.05) is 26.4 Å². The number of carbonyl (C=O) groups excluding carboxylic acids is 2. The molecule has 0 aromatic carbocycles. The lowest BCUT2D eigenvalue weighted by atomic mass is 9.99. The van der Waals surface area contributed by atoms with Gasteiger partial charge in [-0.3, -0.25) is 23.2 Å². The second-order valence-corrected chi connectivity index (χ2v) is 19.7. The van der Waals surface area contributed by atoms with Crippen LogP contribution in [0.1, 0.15) is 194 Å². The number of phosphoric ester groups is 2. The minimum atomic E-state index is -4.87. The largest absolute Gasteiger partial charge is 0.472 e. The number of ether oxygens (including phenoxy) is 3. The Kier molecular flexibility index (Phi) is 36.2. The fraction of sp³-hybridized carbons (Fsp3) is 0.830. The number of unbranched alkanes of at least 4 members (excludes halogenated alkanes) is 16. The Bertz CT molecular complexity index is 1330. The van der Waals surface area contributed by atoms with E-state index < -0.39 is 66.2 Å². The molecule has 0 radical (unpaired) electrons. The summed E-state index contributed by atoms with van der Waals surface area (Å²) in [6, 6.07) is 0. The number of allylic oxidation sites excluding steroid dienone is 5. The van der Waals surface area contributed by atoms with Crippen LogP contribution in [-0.2, 0) is 46.5 Å². The predicted octanol–water partition coefficient (Wildman–Crippen LogP) is 11.7. The normalized spacial score (nSPS) is 18.0. The number of hydrogen-bond acceptors (Lipinski definition) is 11. The molecule has 0 aromatic rings. The Labute approximate surface area is 380 Å². The van der Waals surface area contributed by atoms with E-state index in [1.165, 1.54) is 96.3 Å². The van der Waals surface area contributed by atoms with Crippen LogP contribution in [0.5, 0.6) is 0 Å². The van der Waals surface area contributed by atoms with E-state index in [1.54, 1.807) is 0 Å². The number of aliphatic hydroxyl groups is 1. The lowest BCUT2D eigenvalue weighted by Crippen LogP contribution is -2.30. The van der Waals surface area contributed by atoms with Crippen molar-refractivity contribution < 1.29 is 66.3 Å². The standard InChI is InChI=1S/C47H86O14P2/c1-4-6-7-8-9-10-11-17-20-23-26-29-33-44-45(61-44)34-31-36-46(49)56-39-43(40-59-63(54,55)58-38-42(48)37-57-62(51,52)53)60-47(50)35-30-27-24-21-18-15-13-12-14-16-19-22-25-28-32-41(3)5-2/h9-10,17,20,26,29,41-45,48H,4-8,11-16,18-19,21-25,27-28,30-40H2,1-3H3,(H,54,55)(H2,51,52,53)/b10-9-,20-17-,29-26-/t41?,42-,43+,44?,45?/m0/s1. The van der Waals surface area contributed by atoms with Crippen molar-refractivity contribution in [1.29, 1.82) is 0 Å². The van der Waals surface area contributed by atoms with Crippen LogP contribution in [0.3, 0.4) is 0 Å². The zero-order chi connectivity index (χ0) is 46.4. The van der Waals surface area contributed by atoms with Gasteiger partial charge in [-0.05, 0) is 57.3 Å². The molecular weight excluding hydrogens is 850 g/mol. The van der Waals surface area contributed by atoms with Gasteiger partial charge in [-0.1, -0.05) is 166 Å². The fourth-order valence-electron chi connectivity index (χ4n) is 6.82. The number of hydrogen-bond donors (Lipinski definition) is 4. The molecule has 0 aromatic heterocycles. The lowest BCUT2D eigenvalue weighted by molar-refractivity contribution is -0.161. The first-order chi connectivity index (χ1) is 30.2. The third-order valence-corrected chi connectivity index (χ3v) is 12.4. The lowest BCUT2D eigenvalue weighted by Gasteiger charge is -2.20. The minimum Gasteiger partial charge on any atom is -0.462 e. The van der Waals surface area contributed by atoms with Gasteiger partial charge in [-0.15, -0.1) is 0 Å². The molecule has 0 bridgehead atoms. The highest BCUT2D eigenvalue weighted by atomic mass is 31.2. The molecule has 368 valence electrons. The van der Waals surface area contributed by atoms with Crippen LogP contribution in [0, 0.1) is 5.92 Å². The zero-order valence-electron chi connectivity index (χ0n) is 39.0. The van der Waals surface area contributed by atoms with Crippen LogP contribution >= 0.6 is 15.6 Å². The highest BCUT2D eigenvalue weighted by molar-refractivity contribution is 7.47. The van der Waals surface area contributed by atoms with Crippen molar-refractivity contribution >= 4 is 27.6 Å². The van der Waals surface area contributed by atoms with Crippen LogP contribution in [0.4, 0.5) is 0 Å². The van der Waals surface area contributed by atoms with E-state index >= 15 is 0 Å². The third-order valence-electron chi connectivity index (χ3n) is 11.0. The Morgan fingerprint density at radius 3 is 1.76 bits per heavy atom. The first-order valence-electron chi connectivity index (χ1n) is 24.2. The summed E-state index contributed by atoms with van der Waals surface area (Å²) in [5.74, 6) is -0.245. The smallest absolute Gasteiger partial charge is 0.462 e. The molecule has 1 aliphatic rings. The SMILES string of the molecule is CCCCC/C=C\C/C=C\C/C=C\CC1OC1CCCC(=O)OC[C@H](COP(=O)(O)OC[C@@H](O)COP(=O)(O)O)OC(=O)CCCCCCCCCCCCCCCCC(C)CC. The number of phosphoric acid groups is 2. The van der Waals surface area contributed by atoms with Gasteiger partial charge in [0.2, 0.25) is 0 Å². The summed E-state index contributed by atoms with van der Waals surface area (Å²) in [6.45, 7) is 4.04. The maximum absolute atomic E-state index is 12.7. The van der Waals surface area contributed by atoms with Gasteiger partial charge in [-0.2, -0.15) is 0 Å². The predicted molar refractivity (Wildman–Crippen MR) is 248 cm³/mol. The van der Waals surface area contributed by atoms with Gasteiger partial charge < -0.3 is 34.0 Å². The van der Waals surface area contributed by atoms with Crippen LogP contribution in [0.25, 0.3) is 0 Å². The zero-order valence-corrected chi connectivity index (χ0v) is 40.8. The van der Waals surface area contributed by atoms with Crippen molar-refractivity contribution in [2.45, 2.75) is 219 Å². The van der Waals surface area contributed by atoms with E-state index in [2.05, 4.69) is 61.8 Å². The van der Waals surface area contributed by atoms with Crippen LogP contribution < -0.4 is 0 Å². The topological polar surface area (TPSA) is 208 Å². The molecule has 1 saturated heterocycles. The molecule has 1 heterocycles. The average Bonchev–Trinajstić information content (AvgIpc) is 4.00. The number of esters is 2. The van der Waals surface area contributed by atoms with Crippen molar-refractivity contribution in [3.63, 3.8) is 0 Å². The van der Waals surface area contributed by atoms with E-state index in [4.69, 9.17) is 33.0 Å². The average molecular weight is 937 g/mol. The summed E-state index contributed by atoms with van der Waals surface area (Å²) in [6.07, 6.45) is 38.6. The summed E-state index contributed by atoms with van der Waals surface area (Å²) in [5, 5.41) is 9.78. The van der Waals surface area contributed by atoms with E-state index in [0.29, 0.717) is 19.3 Å². The molecule has 4 unspecified atom stereocenters. The quantitative estimate of drug-likeness (QED) is 0.0147. The maximum Gasteiger partial charge on any atom is 0.472 e. The summed E-state index contributed by atoms with van der Waals surface area (Å²) in [4.78, 5) is 53.0. The van der Waals surface area contributed by atoms with Crippen molar-refractivity contribution in [3.8, 4) is 0 Å².